The number of halogens is 1. The summed E-state index contributed by atoms with van der Waals surface area (Å²) in [5.41, 5.74) is 0.895. The Bertz CT molecular complexity index is 829. The van der Waals surface area contributed by atoms with Crippen LogP contribution in [0.15, 0.2) is 54.6 Å². The van der Waals surface area contributed by atoms with Crippen LogP contribution in [0.4, 0.5) is 4.39 Å². The van der Waals surface area contributed by atoms with Gasteiger partial charge in [-0.1, -0.05) is 42.5 Å². The molecule has 1 aliphatic rings. The van der Waals surface area contributed by atoms with Crippen molar-refractivity contribution in [3.8, 4) is 0 Å². The molecule has 0 saturated carbocycles. The molecule has 0 aliphatic carbocycles. The SMILES string of the molecule is CC(C)(C(=O)NCc1ccc(F)cc1)C(=O)N1CCN(Cc2ccccc2)CC1. The smallest absolute Gasteiger partial charge is 0.237 e. The van der Waals surface area contributed by atoms with E-state index in [4.69, 9.17) is 0 Å². The van der Waals surface area contributed by atoms with Gasteiger partial charge in [0.25, 0.3) is 0 Å². The maximum atomic E-state index is 13.0. The molecule has 0 unspecified atom stereocenters. The third kappa shape index (κ3) is 5.41. The molecule has 0 aromatic heterocycles. The molecule has 0 radical (unpaired) electrons. The number of nitrogens with one attached hydrogen (secondary N) is 1. The van der Waals surface area contributed by atoms with Crippen molar-refractivity contribution in [2.75, 3.05) is 26.2 Å². The number of hydrogen-bond acceptors (Lipinski definition) is 3. The molecule has 2 aromatic carbocycles. The lowest BCUT2D eigenvalue weighted by Gasteiger charge is -2.38. The molecule has 5 nitrogen and oxygen atoms in total. The van der Waals surface area contributed by atoms with Gasteiger partial charge in [-0.2, -0.15) is 0 Å². The lowest BCUT2D eigenvalue weighted by molar-refractivity contribution is -0.150. The summed E-state index contributed by atoms with van der Waals surface area (Å²) >= 11 is 0. The van der Waals surface area contributed by atoms with Crippen LogP contribution in [0, 0.1) is 11.2 Å². The highest BCUT2D eigenvalue weighted by Gasteiger charge is 2.39. The molecule has 1 fully saturated rings. The predicted molar refractivity (Wildman–Crippen MR) is 110 cm³/mol. The highest BCUT2D eigenvalue weighted by atomic mass is 19.1. The second kappa shape index (κ2) is 9.18. The van der Waals surface area contributed by atoms with Crippen molar-refractivity contribution in [3.05, 3.63) is 71.5 Å². The number of nitrogens with zero attached hydrogens (tertiary/aromatic N) is 2. The summed E-state index contributed by atoms with van der Waals surface area (Å²) in [7, 11) is 0. The zero-order valence-electron chi connectivity index (χ0n) is 17.0. The number of piperazine rings is 1. The average Bonchev–Trinajstić information content (AvgIpc) is 2.74. The van der Waals surface area contributed by atoms with Crippen LogP contribution in [0.25, 0.3) is 0 Å². The minimum Gasteiger partial charge on any atom is -0.351 e. The molecule has 2 aromatic rings. The average molecular weight is 397 g/mol. The number of carbonyl (C=O) groups is 2. The maximum absolute atomic E-state index is 13.0. The molecule has 154 valence electrons. The number of rotatable bonds is 6. The van der Waals surface area contributed by atoms with E-state index in [9.17, 15) is 14.0 Å². The molecule has 3 rings (SSSR count). The molecule has 0 atom stereocenters. The van der Waals surface area contributed by atoms with Gasteiger partial charge in [0, 0.05) is 39.3 Å². The Kier molecular flexibility index (Phi) is 6.64. The number of benzene rings is 2. The summed E-state index contributed by atoms with van der Waals surface area (Å²) in [6.07, 6.45) is 0. The molecular formula is C23H28FN3O2. The topological polar surface area (TPSA) is 52.7 Å². The van der Waals surface area contributed by atoms with Crippen molar-refractivity contribution >= 4 is 11.8 Å². The van der Waals surface area contributed by atoms with Crippen LogP contribution in [-0.2, 0) is 22.7 Å². The Morgan fingerprint density at radius 3 is 2.17 bits per heavy atom. The van der Waals surface area contributed by atoms with Crippen LogP contribution >= 0.6 is 0 Å². The van der Waals surface area contributed by atoms with Gasteiger partial charge in [0.15, 0.2) is 0 Å². The van der Waals surface area contributed by atoms with E-state index < -0.39 is 5.41 Å². The normalized spacial score (nSPS) is 15.2. The standard InChI is InChI=1S/C23H28FN3O2/c1-23(2,21(28)25-16-18-8-10-20(24)11-9-18)22(29)27-14-12-26(13-15-27)17-19-6-4-3-5-7-19/h3-11H,12-17H2,1-2H3,(H,25,28). The van der Waals surface area contributed by atoms with Crippen molar-refractivity contribution in [2.24, 2.45) is 5.41 Å². The van der Waals surface area contributed by atoms with Crippen LogP contribution < -0.4 is 5.32 Å². The molecule has 1 N–H and O–H groups in total. The molecule has 1 aliphatic heterocycles. The highest BCUT2D eigenvalue weighted by molar-refractivity contribution is 6.04. The Morgan fingerprint density at radius 2 is 1.55 bits per heavy atom. The molecule has 6 heteroatoms. The van der Waals surface area contributed by atoms with E-state index in [1.165, 1.54) is 17.7 Å². The van der Waals surface area contributed by atoms with Gasteiger partial charge >= 0.3 is 0 Å². The third-order valence-electron chi connectivity index (χ3n) is 5.38. The second-order valence-electron chi connectivity index (χ2n) is 7.99. The van der Waals surface area contributed by atoms with E-state index in [1.807, 2.05) is 18.2 Å². The van der Waals surface area contributed by atoms with Crippen molar-refractivity contribution < 1.29 is 14.0 Å². The quantitative estimate of drug-likeness (QED) is 0.763. The zero-order chi connectivity index (χ0) is 20.9. The van der Waals surface area contributed by atoms with Gasteiger partial charge in [0.1, 0.15) is 11.2 Å². The van der Waals surface area contributed by atoms with Crippen molar-refractivity contribution in [3.63, 3.8) is 0 Å². The largest absolute Gasteiger partial charge is 0.351 e. The van der Waals surface area contributed by atoms with Gasteiger partial charge in [0.2, 0.25) is 11.8 Å². The first-order valence-corrected chi connectivity index (χ1v) is 9.94. The Balaban J connectivity index is 1.50. The minimum atomic E-state index is -1.15. The van der Waals surface area contributed by atoms with Gasteiger partial charge in [0.05, 0.1) is 0 Å². The van der Waals surface area contributed by atoms with E-state index in [1.54, 1.807) is 30.9 Å². The Morgan fingerprint density at radius 1 is 0.931 bits per heavy atom. The first-order chi connectivity index (χ1) is 13.9. The monoisotopic (exact) mass is 397 g/mol. The zero-order valence-corrected chi connectivity index (χ0v) is 17.0. The molecule has 2 amide bonds. The van der Waals surface area contributed by atoms with Crippen molar-refractivity contribution in [1.82, 2.24) is 15.1 Å². The Labute approximate surface area is 171 Å². The summed E-state index contributed by atoms with van der Waals surface area (Å²) in [6.45, 7) is 7.24. The lowest BCUT2D eigenvalue weighted by atomic mass is 9.89. The van der Waals surface area contributed by atoms with Crippen LogP contribution in [0.2, 0.25) is 0 Å². The third-order valence-corrected chi connectivity index (χ3v) is 5.38. The summed E-state index contributed by atoms with van der Waals surface area (Å²) in [5.74, 6) is -0.797. The van der Waals surface area contributed by atoms with E-state index >= 15 is 0 Å². The predicted octanol–water partition coefficient (Wildman–Crippen LogP) is 2.81. The molecular weight excluding hydrogens is 369 g/mol. The van der Waals surface area contributed by atoms with Crippen LogP contribution in [0.5, 0.6) is 0 Å². The van der Waals surface area contributed by atoms with Gasteiger partial charge in [-0.25, -0.2) is 4.39 Å². The first-order valence-electron chi connectivity index (χ1n) is 9.94. The van der Waals surface area contributed by atoms with E-state index in [0.717, 1.165) is 25.2 Å². The fraction of sp³-hybridized carbons (Fsp3) is 0.391. The molecule has 29 heavy (non-hydrogen) atoms. The second-order valence-corrected chi connectivity index (χ2v) is 7.99. The molecule has 0 bridgehead atoms. The van der Waals surface area contributed by atoms with Gasteiger partial charge in [-0.3, -0.25) is 14.5 Å². The highest BCUT2D eigenvalue weighted by Crippen LogP contribution is 2.21. The molecule has 0 spiro atoms. The van der Waals surface area contributed by atoms with Crippen LogP contribution in [0.1, 0.15) is 25.0 Å². The van der Waals surface area contributed by atoms with Gasteiger partial charge in [-0.05, 0) is 37.1 Å². The molecule has 1 heterocycles. The summed E-state index contributed by atoms with van der Waals surface area (Å²) in [4.78, 5) is 29.7. The first kappa shape index (κ1) is 21.0. The molecule has 1 saturated heterocycles. The summed E-state index contributed by atoms with van der Waals surface area (Å²) < 4.78 is 13.0. The van der Waals surface area contributed by atoms with E-state index in [2.05, 4.69) is 22.3 Å². The van der Waals surface area contributed by atoms with E-state index in [-0.39, 0.29) is 24.2 Å². The number of hydrogen-bond donors (Lipinski definition) is 1. The maximum Gasteiger partial charge on any atom is 0.237 e. The number of carbonyl (C=O) groups excluding carboxylic acids is 2. The van der Waals surface area contributed by atoms with Crippen LogP contribution in [-0.4, -0.2) is 47.8 Å². The fourth-order valence-electron chi connectivity index (χ4n) is 3.45. The van der Waals surface area contributed by atoms with Gasteiger partial charge < -0.3 is 10.2 Å². The number of amides is 2. The van der Waals surface area contributed by atoms with Crippen molar-refractivity contribution in [1.29, 1.82) is 0 Å². The van der Waals surface area contributed by atoms with Crippen LogP contribution in [0.3, 0.4) is 0 Å². The van der Waals surface area contributed by atoms with E-state index in [0.29, 0.717) is 13.1 Å². The summed E-state index contributed by atoms with van der Waals surface area (Å²) in [5, 5.41) is 2.80. The van der Waals surface area contributed by atoms with Gasteiger partial charge in [-0.15, -0.1) is 0 Å². The summed E-state index contributed by atoms with van der Waals surface area (Å²) in [6, 6.07) is 16.2. The lowest BCUT2D eigenvalue weighted by Crippen LogP contribution is -2.55. The minimum absolute atomic E-state index is 0.159. The van der Waals surface area contributed by atoms with Crippen molar-refractivity contribution in [2.45, 2.75) is 26.9 Å². The Hall–Kier alpha value is -2.73. The fourth-order valence-corrected chi connectivity index (χ4v) is 3.45.